The van der Waals surface area contributed by atoms with E-state index < -0.39 is 0 Å². The van der Waals surface area contributed by atoms with Crippen LogP contribution in [0, 0.1) is 0 Å². The van der Waals surface area contributed by atoms with Crippen LogP contribution < -0.4 is 4.90 Å². The lowest BCUT2D eigenvalue weighted by molar-refractivity contribution is 0.669. The van der Waals surface area contributed by atoms with Gasteiger partial charge < -0.3 is 13.9 Å². The number of furan rings is 1. The molecule has 0 fully saturated rings. The van der Waals surface area contributed by atoms with Crippen LogP contribution in [0.15, 0.2) is 211 Å². The molecule has 0 radical (unpaired) electrons. The summed E-state index contributed by atoms with van der Waals surface area (Å²) in [5.74, 6) is 0. The minimum Gasteiger partial charge on any atom is -0.456 e. The molecule has 0 amide bonds. The van der Waals surface area contributed by atoms with Crippen LogP contribution in [0.2, 0.25) is 0 Å². The van der Waals surface area contributed by atoms with Crippen molar-refractivity contribution in [2.24, 2.45) is 0 Å². The summed E-state index contributed by atoms with van der Waals surface area (Å²) in [6, 6.07) is 73.9. The first-order valence-corrected chi connectivity index (χ1v) is 18.8. The minimum atomic E-state index is 0.865. The number of nitrogens with zero attached hydrogens (tertiary/aromatic N) is 2. The number of aromatic nitrogens is 1. The van der Waals surface area contributed by atoms with Crippen molar-refractivity contribution in [3.8, 4) is 27.9 Å². The predicted octanol–water partition coefficient (Wildman–Crippen LogP) is 14.6. The van der Waals surface area contributed by atoms with Crippen molar-refractivity contribution in [1.82, 2.24) is 4.57 Å². The molecule has 55 heavy (non-hydrogen) atoms. The van der Waals surface area contributed by atoms with Gasteiger partial charge >= 0.3 is 0 Å². The Kier molecular flexibility index (Phi) is 7.17. The number of benzene rings is 9. The Hall–Kier alpha value is -7.36. The molecule has 0 atom stereocenters. The van der Waals surface area contributed by atoms with Gasteiger partial charge in [-0.3, -0.25) is 0 Å². The van der Waals surface area contributed by atoms with E-state index in [1.165, 1.54) is 54.8 Å². The molecule has 2 aromatic heterocycles. The molecule has 258 valence electrons. The first kappa shape index (κ1) is 31.2. The third kappa shape index (κ3) is 5.13. The minimum absolute atomic E-state index is 0.865. The molecule has 0 spiro atoms. The zero-order chi connectivity index (χ0) is 36.3. The van der Waals surface area contributed by atoms with Gasteiger partial charge in [0.25, 0.3) is 0 Å². The molecule has 0 N–H and O–H groups in total. The maximum Gasteiger partial charge on any atom is 0.137 e. The number of para-hydroxylation sites is 2. The number of rotatable bonds is 6. The van der Waals surface area contributed by atoms with Gasteiger partial charge in [0, 0.05) is 50.4 Å². The summed E-state index contributed by atoms with van der Waals surface area (Å²) in [6.07, 6.45) is 0. The Morgan fingerprint density at radius 1 is 0.364 bits per heavy atom. The number of anilines is 3. The third-order valence-electron chi connectivity index (χ3n) is 11.0. The standard InChI is InChI=1S/C52H34N2O/c1-3-13-35(14-4-1)36-25-28-39(29-26-36)53(42-30-31-45-44-20-8-10-24-49(44)55-50(45)34-42)40-18-12-19-41(33-40)54-47-23-9-7-21-46(47)52-48(54)32-27-38-17-11-22-43(51(38)52)37-15-5-2-6-16-37/h1-34H. The quantitative estimate of drug-likeness (QED) is 0.172. The third-order valence-corrected chi connectivity index (χ3v) is 11.0. The molecule has 0 aliphatic heterocycles. The second-order valence-corrected chi connectivity index (χ2v) is 14.1. The molecule has 11 aromatic rings. The van der Waals surface area contributed by atoms with Crippen molar-refractivity contribution >= 4 is 71.6 Å². The van der Waals surface area contributed by atoms with Gasteiger partial charge in [-0.2, -0.15) is 0 Å². The topological polar surface area (TPSA) is 21.3 Å². The van der Waals surface area contributed by atoms with Gasteiger partial charge in [0.05, 0.1) is 11.0 Å². The smallest absolute Gasteiger partial charge is 0.137 e. The highest BCUT2D eigenvalue weighted by molar-refractivity contribution is 6.25. The zero-order valence-electron chi connectivity index (χ0n) is 29.9. The maximum absolute atomic E-state index is 6.42. The van der Waals surface area contributed by atoms with Crippen molar-refractivity contribution in [3.05, 3.63) is 206 Å². The molecule has 0 aliphatic carbocycles. The van der Waals surface area contributed by atoms with Gasteiger partial charge in [-0.1, -0.05) is 140 Å². The lowest BCUT2D eigenvalue weighted by atomic mass is 9.94. The zero-order valence-corrected chi connectivity index (χ0v) is 29.9. The van der Waals surface area contributed by atoms with E-state index >= 15 is 0 Å². The normalized spacial score (nSPS) is 11.6. The van der Waals surface area contributed by atoms with Crippen molar-refractivity contribution in [2.45, 2.75) is 0 Å². The largest absolute Gasteiger partial charge is 0.456 e. The highest BCUT2D eigenvalue weighted by Gasteiger charge is 2.20. The van der Waals surface area contributed by atoms with Crippen molar-refractivity contribution in [1.29, 1.82) is 0 Å². The Bertz CT molecular complexity index is 3190. The van der Waals surface area contributed by atoms with E-state index in [0.29, 0.717) is 0 Å². The van der Waals surface area contributed by atoms with Crippen LogP contribution in [0.1, 0.15) is 0 Å². The summed E-state index contributed by atoms with van der Waals surface area (Å²) >= 11 is 0. The average molecular weight is 703 g/mol. The van der Waals surface area contributed by atoms with E-state index in [1.54, 1.807) is 0 Å². The molecule has 0 saturated heterocycles. The fourth-order valence-corrected chi connectivity index (χ4v) is 8.48. The fraction of sp³-hybridized carbons (Fsp3) is 0. The number of hydrogen-bond donors (Lipinski definition) is 0. The lowest BCUT2D eigenvalue weighted by Crippen LogP contribution is -2.10. The molecule has 3 heteroatoms. The van der Waals surface area contributed by atoms with Gasteiger partial charge in [0.15, 0.2) is 0 Å². The SMILES string of the molecule is c1ccc(-c2ccc(N(c3cccc(-n4c5ccccc5c5c6c(-c7ccccc7)cccc6ccc54)c3)c3ccc4c(c3)oc3ccccc34)cc2)cc1. The summed E-state index contributed by atoms with van der Waals surface area (Å²) in [4.78, 5) is 2.34. The van der Waals surface area contributed by atoms with E-state index in [2.05, 4.69) is 204 Å². The molecule has 3 nitrogen and oxygen atoms in total. The van der Waals surface area contributed by atoms with E-state index in [9.17, 15) is 0 Å². The number of fused-ring (bicyclic) bond motifs is 8. The first-order valence-electron chi connectivity index (χ1n) is 18.8. The Balaban J connectivity index is 1.12. The van der Waals surface area contributed by atoms with E-state index in [-0.39, 0.29) is 0 Å². The van der Waals surface area contributed by atoms with E-state index in [1.807, 2.05) is 12.1 Å². The van der Waals surface area contributed by atoms with Gasteiger partial charge in [-0.05, 0) is 93.7 Å². The van der Waals surface area contributed by atoms with Gasteiger partial charge in [0.1, 0.15) is 11.2 Å². The van der Waals surface area contributed by atoms with E-state index in [4.69, 9.17) is 4.42 Å². The Morgan fingerprint density at radius 3 is 1.85 bits per heavy atom. The molecule has 11 rings (SSSR count). The summed E-state index contributed by atoms with van der Waals surface area (Å²) in [6.45, 7) is 0. The highest BCUT2D eigenvalue weighted by atomic mass is 16.3. The summed E-state index contributed by atoms with van der Waals surface area (Å²) in [5, 5.41) is 7.24. The lowest BCUT2D eigenvalue weighted by Gasteiger charge is -2.26. The molecular formula is C52H34N2O. The molecule has 0 unspecified atom stereocenters. The van der Waals surface area contributed by atoms with E-state index in [0.717, 1.165) is 44.7 Å². The van der Waals surface area contributed by atoms with Crippen LogP contribution in [0.4, 0.5) is 17.1 Å². The Morgan fingerprint density at radius 2 is 1.02 bits per heavy atom. The predicted molar refractivity (Wildman–Crippen MR) is 231 cm³/mol. The van der Waals surface area contributed by atoms with Crippen LogP contribution in [0.3, 0.4) is 0 Å². The van der Waals surface area contributed by atoms with Crippen molar-refractivity contribution in [3.63, 3.8) is 0 Å². The highest BCUT2D eigenvalue weighted by Crippen LogP contribution is 2.43. The van der Waals surface area contributed by atoms with Crippen LogP contribution >= 0.6 is 0 Å². The monoisotopic (exact) mass is 702 g/mol. The molecule has 0 bridgehead atoms. The molecule has 2 heterocycles. The van der Waals surface area contributed by atoms with Crippen molar-refractivity contribution < 1.29 is 4.42 Å². The molecule has 0 saturated carbocycles. The average Bonchev–Trinajstić information content (AvgIpc) is 3.80. The second-order valence-electron chi connectivity index (χ2n) is 14.1. The first-order chi connectivity index (χ1) is 27.3. The van der Waals surface area contributed by atoms with Gasteiger partial charge in [-0.25, -0.2) is 0 Å². The van der Waals surface area contributed by atoms with Crippen LogP contribution in [-0.4, -0.2) is 4.57 Å². The fourth-order valence-electron chi connectivity index (χ4n) is 8.48. The summed E-state index contributed by atoms with van der Waals surface area (Å²) in [5.41, 5.74) is 13.2. The maximum atomic E-state index is 6.42. The molecule has 9 aromatic carbocycles. The van der Waals surface area contributed by atoms with Crippen LogP contribution in [0.25, 0.3) is 82.5 Å². The molecular weight excluding hydrogens is 669 g/mol. The van der Waals surface area contributed by atoms with Crippen LogP contribution in [-0.2, 0) is 0 Å². The number of hydrogen-bond acceptors (Lipinski definition) is 2. The van der Waals surface area contributed by atoms with Crippen molar-refractivity contribution in [2.75, 3.05) is 4.90 Å². The van der Waals surface area contributed by atoms with Gasteiger partial charge in [0.2, 0.25) is 0 Å². The summed E-state index contributed by atoms with van der Waals surface area (Å²) in [7, 11) is 0. The van der Waals surface area contributed by atoms with Crippen LogP contribution in [0.5, 0.6) is 0 Å². The van der Waals surface area contributed by atoms with Gasteiger partial charge in [-0.15, -0.1) is 0 Å². The second kappa shape index (κ2) is 12.6. The Labute approximate surface area is 318 Å². The summed E-state index contributed by atoms with van der Waals surface area (Å²) < 4.78 is 8.84. The molecule has 0 aliphatic rings.